The van der Waals surface area contributed by atoms with Crippen LogP contribution in [0.1, 0.15) is 6.42 Å². The number of imide groups is 1. The summed E-state index contributed by atoms with van der Waals surface area (Å²) in [6, 6.07) is 27.9. The molecule has 0 unspecified atom stereocenters. The summed E-state index contributed by atoms with van der Waals surface area (Å²) in [5.74, 6) is -0.166. The predicted octanol–water partition coefficient (Wildman–Crippen LogP) is 2.39. The minimum absolute atomic E-state index is 0.0689. The Kier molecular flexibility index (Phi) is 5.26. The first-order chi connectivity index (χ1) is 15.2. The molecule has 0 bridgehead atoms. The Bertz CT molecular complexity index is 1060. The normalized spacial score (nSPS) is 19.8. The van der Waals surface area contributed by atoms with Crippen molar-refractivity contribution in [1.82, 2.24) is 0 Å². The molecule has 0 aromatic heterocycles. The van der Waals surface area contributed by atoms with Gasteiger partial charge in [-0.25, -0.2) is 4.90 Å². The molecule has 156 valence electrons. The predicted molar refractivity (Wildman–Crippen MR) is 122 cm³/mol. The summed E-state index contributed by atoms with van der Waals surface area (Å²) < 4.78 is 0. The third-order valence-electron chi connectivity index (χ3n) is 6.40. The third-order valence-corrected chi connectivity index (χ3v) is 6.40. The van der Waals surface area contributed by atoms with Crippen LogP contribution in [0.3, 0.4) is 0 Å². The zero-order valence-corrected chi connectivity index (χ0v) is 17.4. The van der Waals surface area contributed by atoms with Crippen molar-refractivity contribution in [3.8, 4) is 11.1 Å². The number of hydrogen-bond donors (Lipinski definition) is 1. The van der Waals surface area contributed by atoms with Gasteiger partial charge in [0.1, 0.15) is 0 Å². The van der Waals surface area contributed by atoms with Crippen LogP contribution in [0.25, 0.3) is 11.1 Å². The van der Waals surface area contributed by atoms with Crippen molar-refractivity contribution in [2.45, 2.75) is 12.5 Å². The van der Waals surface area contributed by atoms with Crippen LogP contribution in [-0.2, 0) is 9.59 Å². The molecular weight excluding hydrogens is 386 g/mol. The Morgan fingerprint density at radius 1 is 0.677 bits per heavy atom. The molecule has 31 heavy (non-hydrogen) atoms. The van der Waals surface area contributed by atoms with Crippen molar-refractivity contribution in [2.24, 2.45) is 0 Å². The van der Waals surface area contributed by atoms with Gasteiger partial charge in [-0.3, -0.25) is 9.59 Å². The van der Waals surface area contributed by atoms with E-state index in [-0.39, 0.29) is 17.9 Å². The highest BCUT2D eigenvalue weighted by Crippen LogP contribution is 2.26. The molecule has 2 fully saturated rings. The van der Waals surface area contributed by atoms with E-state index in [1.807, 2.05) is 48.5 Å². The van der Waals surface area contributed by atoms with E-state index in [0.717, 1.165) is 37.3 Å². The summed E-state index contributed by atoms with van der Waals surface area (Å²) in [4.78, 5) is 30.9. The van der Waals surface area contributed by atoms with Crippen molar-refractivity contribution in [1.29, 1.82) is 0 Å². The maximum absolute atomic E-state index is 13.2. The monoisotopic (exact) mass is 412 g/mol. The van der Waals surface area contributed by atoms with Crippen LogP contribution in [0.2, 0.25) is 0 Å². The van der Waals surface area contributed by atoms with Gasteiger partial charge < -0.3 is 9.80 Å². The summed E-state index contributed by atoms with van der Waals surface area (Å²) in [7, 11) is 0. The molecule has 1 N–H and O–H groups in total. The standard InChI is InChI=1S/C26H25N3O2/c30-25-19-24(28-17-15-27(16-18-28)22-9-5-2-6-10-22)26(31)29(25)23-13-11-21(12-14-23)20-7-3-1-4-8-20/h1-14,24H,15-19H2/p+1/t24-/m0/s1. The Hall–Kier alpha value is -3.44. The summed E-state index contributed by atoms with van der Waals surface area (Å²) in [6.45, 7) is 3.50. The number of anilines is 2. The van der Waals surface area contributed by atoms with Gasteiger partial charge in [0.25, 0.3) is 5.91 Å². The third kappa shape index (κ3) is 3.84. The number of quaternary nitrogens is 1. The van der Waals surface area contributed by atoms with Gasteiger partial charge in [-0.2, -0.15) is 0 Å². The van der Waals surface area contributed by atoms with E-state index in [4.69, 9.17) is 0 Å². The molecule has 3 aromatic carbocycles. The number of benzene rings is 3. The average molecular weight is 413 g/mol. The zero-order valence-electron chi connectivity index (χ0n) is 17.4. The van der Waals surface area contributed by atoms with Crippen LogP contribution < -0.4 is 14.7 Å². The number of nitrogens with one attached hydrogen (secondary N) is 1. The van der Waals surface area contributed by atoms with Gasteiger partial charge in [-0.05, 0) is 35.4 Å². The first kappa shape index (κ1) is 19.5. The van der Waals surface area contributed by atoms with Crippen LogP contribution >= 0.6 is 0 Å². The van der Waals surface area contributed by atoms with Gasteiger partial charge >= 0.3 is 0 Å². The molecule has 0 aliphatic carbocycles. The van der Waals surface area contributed by atoms with Gasteiger partial charge in [0, 0.05) is 5.69 Å². The largest absolute Gasteiger partial charge is 0.360 e. The summed E-state index contributed by atoms with van der Waals surface area (Å²) in [5.41, 5.74) is 4.07. The van der Waals surface area contributed by atoms with Gasteiger partial charge in [0.15, 0.2) is 6.04 Å². The van der Waals surface area contributed by atoms with Crippen LogP contribution in [0.5, 0.6) is 0 Å². The Balaban J connectivity index is 1.27. The van der Waals surface area contributed by atoms with Gasteiger partial charge in [-0.15, -0.1) is 0 Å². The molecule has 5 nitrogen and oxygen atoms in total. The first-order valence-electron chi connectivity index (χ1n) is 10.9. The van der Waals surface area contributed by atoms with Gasteiger partial charge in [0.2, 0.25) is 5.91 Å². The second-order valence-corrected chi connectivity index (χ2v) is 8.22. The highest BCUT2D eigenvalue weighted by Gasteiger charge is 2.46. The van der Waals surface area contributed by atoms with E-state index in [9.17, 15) is 9.59 Å². The average Bonchev–Trinajstić information content (AvgIpc) is 3.14. The van der Waals surface area contributed by atoms with Gasteiger partial charge in [-0.1, -0.05) is 60.7 Å². The second-order valence-electron chi connectivity index (χ2n) is 8.22. The molecule has 2 amide bonds. The van der Waals surface area contributed by atoms with E-state index in [1.54, 1.807) is 0 Å². The van der Waals surface area contributed by atoms with E-state index in [0.29, 0.717) is 12.1 Å². The smallest absolute Gasteiger partial charge is 0.292 e. The Morgan fingerprint density at radius 2 is 1.26 bits per heavy atom. The summed E-state index contributed by atoms with van der Waals surface area (Å²) >= 11 is 0. The maximum atomic E-state index is 13.2. The topological polar surface area (TPSA) is 45.1 Å². The lowest BCUT2D eigenvalue weighted by Crippen LogP contribution is -3.19. The zero-order chi connectivity index (χ0) is 21.2. The number of carbonyl (C=O) groups is 2. The Labute approximate surface area is 182 Å². The van der Waals surface area contributed by atoms with E-state index in [2.05, 4.69) is 41.3 Å². The minimum Gasteiger partial charge on any atom is -0.360 e. The van der Waals surface area contributed by atoms with Crippen molar-refractivity contribution in [3.05, 3.63) is 84.9 Å². The molecule has 2 saturated heterocycles. The number of para-hydroxylation sites is 1. The molecule has 2 aliphatic rings. The molecule has 2 aliphatic heterocycles. The first-order valence-corrected chi connectivity index (χ1v) is 10.9. The fraction of sp³-hybridized carbons (Fsp3) is 0.231. The lowest BCUT2D eigenvalue weighted by molar-refractivity contribution is -0.915. The minimum atomic E-state index is -0.278. The molecule has 2 heterocycles. The molecular formula is C26H26N3O2+. The number of carbonyl (C=O) groups excluding carboxylic acids is 2. The van der Waals surface area contributed by atoms with Crippen LogP contribution in [0, 0.1) is 0 Å². The molecule has 0 radical (unpaired) electrons. The van der Waals surface area contributed by atoms with Crippen LogP contribution in [0.4, 0.5) is 11.4 Å². The number of amides is 2. The highest BCUT2D eigenvalue weighted by molar-refractivity contribution is 6.21. The fourth-order valence-electron chi connectivity index (χ4n) is 4.70. The highest BCUT2D eigenvalue weighted by atomic mass is 16.2. The molecule has 0 saturated carbocycles. The van der Waals surface area contributed by atoms with Crippen molar-refractivity contribution < 1.29 is 14.5 Å². The number of hydrogen-bond acceptors (Lipinski definition) is 3. The number of piperazine rings is 1. The maximum Gasteiger partial charge on any atom is 0.292 e. The van der Waals surface area contributed by atoms with Gasteiger partial charge in [0.05, 0.1) is 38.3 Å². The molecule has 1 atom stereocenters. The molecule has 0 spiro atoms. The lowest BCUT2D eigenvalue weighted by Gasteiger charge is -2.35. The molecule has 3 aromatic rings. The van der Waals surface area contributed by atoms with E-state index >= 15 is 0 Å². The SMILES string of the molecule is O=C1C[C@H]([NH+]2CCN(c3ccccc3)CC2)C(=O)N1c1ccc(-c2ccccc2)cc1. The number of nitrogens with zero attached hydrogens (tertiary/aromatic N) is 2. The second kappa shape index (κ2) is 8.36. The lowest BCUT2D eigenvalue weighted by atomic mass is 10.1. The van der Waals surface area contributed by atoms with E-state index < -0.39 is 0 Å². The summed E-state index contributed by atoms with van der Waals surface area (Å²) in [5, 5.41) is 0. The molecule has 5 rings (SSSR count). The Morgan fingerprint density at radius 3 is 1.90 bits per heavy atom. The van der Waals surface area contributed by atoms with Crippen molar-refractivity contribution in [3.63, 3.8) is 0 Å². The van der Waals surface area contributed by atoms with E-state index in [1.165, 1.54) is 15.5 Å². The molecule has 5 heteroatoms. The van der Waals surface area contributed by atoms with Crippen LogP contribution in [0.15, 0.2) is 84.9 Å². The quantitative estimate of drug-likeness (QED) is 0.670. The fourth-order valence-corrected chi connectivity index (χ4v) is 4.70. The van der Waals surface area contributed by atoms with Crippen molar-refractivity contribution in [2.75, 3.05) is 36.0 Å². The van der Waals surface area contributed by atoms with Crippen molar-refractivity contribution >= 4 is 23.2 Å². The summed E-state index contributed by atoms with van der Waals surface area (Å²) in [6.07, 6.45) is 0.292. The number of rotatable bonds is 4. The van der Waals surface area contributed by atoms with Crippen LogP contribution in [-0.4, -0.2) is 44.0 Å².